The minimum absolute atomic E-state index is 0.149. The molecule has 33 heavy (non-hydrogen) atoms. The average Bonchev–Trinajstić information content (AvgIpc) is 2.88. The summed E-state index contributed by atoms with van der Waals surface area (Å²) in [6.07, 6.45) is 5.35. The van der Waals surface area contributed by atoms with E-state index in [2.05, 4.69) is 26.3 Å². The molecule has 0 aliphatic carbocycles. The van der Waals surface area contributed by atoms with Gasteiger partial charge in [-0.3, -0.25) is 19.7 Å². The van der Waals surface area contributed by atoms with Crippen LogP contribution in [0.2, 0.25) is 0 Å². The maximum absolute atomic E-state index is 12.9. The molecule has 0 spiro atoms. The van der Waals surface area contributed by atoms with E-state index >= 15 is 0 Å². The second kappa shape index (κ2) is 10.9. The third-order valence-electron chi connectivity index (χ3n) is 6.15. The highest BCUT2D eigenvalue weighted by Gasteiger charge is 2.30. The van der Waals surface area contributed by atoms with Gasteiger partial charge in [-0.25, -0.2) is 0 Å². The summed E-state index contributed by atoms with van der Waals surface area (Å²) in [4.78, 5) is 24.0. The number of hydrogen-bond acceptors (Lipinski definition) is 6. The SMILES string of the molecule is COc1ccc(CN2CCC(C(NC(=O)c3ccccn3)c3ccccn3)CC2)cc1OC. The maximum Gasteiger partial charge on any atom is 0.270 e. The molecular weight excluding hydrogens is 416 g/mol. The van der Waals surface area contributed by atoms with Gasteiger partial charge < -0.3 is 14.8 Å². The normalized spacial score (nSPS) is 15.6. The predicted molar refractivity (Wildman–Crippen MR) is 126 cm³/mol. The van der Waals surface area contributed by atoms with Crippen molar-refractivity contribution < 1.29 is 14.3 Å². The van der Waals surface area contributed by atoms with E-state index < -0.39 is 0 Å². The molecule has 1 aromatic carbocycles. The van der Waals surface area contributed by atoms with Gasteiger partial charge in [0.05, 0.1) is 26.0 Å². The molecule has 3 aromatic rings. The van der Waals surface area contributed by atoms with Crippen LogP contribution in [-0.4, -0.2) is 48.1 Å². The summed E-state index contributed by atoms with van der Waals surface area (Å²) in [7, 11) is 3.30. The summed E-state index contributed by atoms with van der Waals surface area (Å²) < 4.78 is 10.8. The lowest BCUT2D eigenvalue weighted by Gasteiger charge is -2.36. The van der Waals surface area contributed by atoms with E-state index in [4.69, 9.17) is 9.47 Å². The fourth-order valence-electron chi connectivity index (χ4n) is 4.39. The summed E-state index contributed by atoms with van der Waals surface area (Å²) in [6.45, 7) is 2.74. The first-order valence-electron chi connectivity index (χ1n) is 11.2. The number of amides is 1. The Morgan fingerprint density at radius 1 is 1.00 bits per heavy atom. The molecule has 7 heteroatoms. The van der Waals surface area contributed by atoms with E-state index in [0.717, 1.165) is 49.7 Å². The molecule has 0 radical (unpaired) electrons. The molecule has 0 saturated carbocycles. The molecule has 1 N–H and O–H groups in total. The molecular formula is C26H30N4O3. The van der Waals surface area contributed by atoms with E-state index in [1.54, 1.807) is 38.7 Å². The van der Waals surface area contributed by atoms with Gasteiger partial charge in [0.15, 0.2) is 11.5 Å². The van der Waals surface area contributed by atoms with E-state index in [1.807, 2.05) is 36.4 Å². The van der Waals surface area contributed by atoms with Crippen LogP contribution >= 0.6 is 0 Å². The van der Waals surface area contributed by atoms with Crippen molar-refractivity contribution in [2.45, 2.75) is 25.4 Å². The third kappa shape index (κ3) is 5.68. The summed E-state index contributed by atoms with van der Waals surface area (Å²) in [5, 5.41) is 3.20. The van der Waals surface area contributed by atoms with Gasteiger partial charge in [-0.05, 0) is 73.8 Å². The van der Waals surface area contributed by atoms with Crippen LogP contribution in [0.3, 0.4) is 0 Å². The lowest BCUT2D eigenvalue weighted by Crippen LogP contribution is -2.41. The number of ether oxygens (including phenoxy) is 2. The monoisotopic (exact) mass is 446 g/mol. The highest BCUT2D eigenvalue weighted by Crippen LogP contribution is 2.32. The maximum atomic E-state index is 12.9. The fraction of sp³-hybridized carbons (Fsp3) is 0.346. The molecule has 1 amide bonds. The number of benzene rings is 1. The van der Waals surface area contributed by atoms with Gasteiger partial charge in [0, 0.05) is 18.9 Å². The average molecular weight is 447 g/mol. The molecule has 1 unspecified atom stereocenters. The molecule has 1 atom stereocenters. The van der Waals surface area contributed by atoms with Crippen LogP contribution in [0.1, 0.15) is 40.6 Å². The van der Waals surface area contributed by atoms with Crippen LogP contribution in [-0.2, 0) is 6.54 Å². The van der Waals surface area contributed by atoms with Crippen molar-refractivity contribution in [2.24, 2.45) is 5.92 Å². The smallest absolute Gasteiger partial charge is 0.270 e. The number of carbonyl (C=O) groups excluding carboxylic acids is 1. The minimum atomic E-state index is -0.168. The number of carbonyl (C=O) groups is 1. The fourth-order valence-corrected chi connectivity index (χ4v) is 4.39. The van der Waals surface area contributed by atoms with E-state index in [-0.39, 0.29) is 11.9 Å². The van der Waals surface area contributed by atoms with E-state index in [9.17, 15) is 4.79 Å². The Labute approximate surface area is 194 Å². The zero-order valence-electron chi connectivity index (χ0n) is 19.1. The second-order valence-electron chi connectivity index (χ2n) is 8.22. The predicted octanol–water partition coefficient (Wildman–Crippen LogP) is 3.88. The standard InChI is InChI=1S/C26H30N4O3/c1-32-23-10-9-19(17-24(23)33-2)18-30-15-11-20(12-16-30)25(21-7-3-5-13-27-21)29-26(31)22-8-4-6-14-28-22/h3-10,13-14,17,20,25H,11-12,15-16,18H2,1-2H3,(H,29,31). The van der Waals surface area contributed by atoms with Crippen LogP contribution in [0.25, 0.3) is 0 Å². The van der Waals surface area contributed by atoms with Gasteiger partial charge >= 0.3 is 0 Å². The Morgan fingerprint density at radius 3 is 2.36 bits per heavy atom. The Hall–Kier alpha value is -3.45. The first-order valence-corrected chi connectivity index (χ1v) is 11.2. The molecule has 2 aromatic heterocycles. The van der Waals surface area contributed by atoms with Crippen molar-refractivity contribution in [2.75, 3.05) is 27.3 Å². The Morgan fingerprint density at radius 2 is 1.73 bits per heavy atom. The highest BCUT2D eigenvalue weighted by atomic mass is 16.5. The number of methoxy groups -OCH3 is 2. The first-order chi connectivity index (χ1) is 16.2. The third-order valence-corrected chi connectivity index (χ3v) is 6.15. The van der Waals surface area contributed by atoms with Gasteiger partial charge in [0.2, 0.25) is 0 Å². The zero-order valence-corrected chi connectivity index (χ0v) is 19.1. The van der Waals surface area contributed by atoms with Crippen LogP contribution in [0.5, 0.6) is 11.5 Å². The van der Waals surface area contributed by atoms with Crippen molar-refractivity contribution in [1.29, 1.82) is 0 Å². The number of piperidine rings is 1. The van der Waals surface area contributed by atoms with Gasteiger partial charge in [0.1, 0.15) is 5.69 Å². The van der Waals surface area contributed by atoms with Crippen LogP contribution in [0.4, 0.5) is 0 Å². The second-order valence-corrected chi connectivity index (χ2v) is 8.22. The van der Waals surface area contributed by atoms with Crippen LogP contribution in [0, 0.1) is 5.92 Å². The van der Waals surface area contributed by atoms with Crippen molar-refractivity contribution in [3.8, 4) is 11.5 Å². The summed E-state index contributed by atoms with van der Waals surface area (Å²) in [5.74, 6) is 1.62. The van der Waals surface area contributed by atoms with Gasteiger partial charge in [-0.15, -0.1) is 0 Å². The van der Waals surface area contributed by atoms with Crippen molar-refractivity contribution in [3.63, 3.8) is 0 Å². The van der Waals surface area contributed by atoms with Gasteiger partial charge in [-0.1, -0.05) is 18.2 Å². The lowest BCUT2D eigenvalue weighted by molar-refractivity contribution is 0.0883. The first kappa shape index (κ1) is 22.7. The molecule has 4 rings (SSSR count). The quantitative estimate of drug-likeness (QED) is 0.566. The topological polar surface area (TPSA) is 76.6 Å². The number of pyridine rings is 2. The zero-order chi connectivity index (χ0) is 23.0. The van der Waals surface area contributed by atoms with Crippen LogP contribution < -0.4 is 14.8 Å². The molecule has 1 aliphatic heterocycles. The summed E-state index contributed by atoms with van der Waals surface area (Å²) in [6, 6.07) is 17.1. The summed E-state index contributed by atoms with van der Waals surface area (Å²) >= 11 is 0. The molecule has 3 heterocycles. The van der Waals surface area contributed by atoms with Crippen LogP contribution in [0.15, 0.2) is 67.0 Å². The van der Waals surface area contributed by atoms with Crippen molar-refractivity contribution >= 4 is 5.91 Å². The van der Waals surface area contributed by atoms with Gasteiger partial charge in [-0.2, -0.15) is 0 Å². The molecule has 7 nitrogen and oxygen atoms in total. The summed E-state index contributed by atoms with van der Waals surface area (Å²) in [5.41, 5.74) is 2.50. The van der Waals surface area contributed by atoms with E-state index in [1.165, 1.54) is 5.56 Å². The van der Waals surface area contributed by atoms with Gasteiger partial charge in [0.25, 0.3) is 5.91 Å². The Balaban J connectivity index is 1.42. The number of nitrogens with one attached hydrogen (secondary N) is 1. The Bertz CT molecular complexity index is 1040. The molecule has 1 aliphatic rings. The number of hydrogen-bond donors (Lipinski definition) is 1. The number of rotatable bonds is 8. The Kier molecular flexibility index (Phi) is 7.52. The van der Waals surface area contributed by atoms with Crippen molar-refractivity contribution in [1.82, 2.24) is 20.2 Å². The largest absolute Gasteiger partial charge is 0.493 e. The highest BCUT2D eigenvalue weighted by molar-refractivity contribution is 5.92. The number of aromatic nitrogens is 2. The molecule has 1 fully saturated rings. The van der Waals surface area contributed by atoms with E-state index in [0.29, 0.717) is 11.6 Å². The number of nitrogens with zero attached hydrogens (tertiary/aromatic N) is 3. The van der Waals surface area contributed by atoms with Crippen molar-refractivity contribution in [3.05, 3.63) is 83.9 Å². The number of likely N-dealkylation sites (tertiary alicyclic amines) is 1. The molecule has 1 saturated heterocycles. The lowest BCUT2D eigenvalue weighted by atomic mass is 9.87. The molecule has 0 bridgehead atoms. The molecule has 172 valence electrons. The minimum Gasteiger partial charge on any atom is -0.493 e.